The highest BCUT2D eigenvalue weighted by molar-refractivity contribution is 5.96. The quantitative estimate of drug-likeness (QED) is 0.493. The van der Waals surface area contributed by atoms with Crippen molar-refractivity contribution >= 4 is 17.7 Å². The van der Waals surface area contributed by atoms with Gasteiger partial charge in [0.05, 0.1) is 19.4 Å². The molecular weight excluding hydrogens is 198 g/mol. The molecule has 5 heteroatoms. The van der Waals surface area contributed by atoms with Crippen LogP contribution in [0.1, 0.15) is 33.1 Å². The van der Waals surface area contributed by atoms with Gasteiger partial charge in [-0.15, -0.1) is 0 Å². The number of carbonyl (C=O) groups excluding carboxylic acids is 3. The van der Waals surface area contributed by atoms with E-state index in [2.05, 4.69) is 5.32 Å². The minimum atomic E-state index is -0.356. The number of nitrogens with one attached hydrogen (secondary N) is 1. The number of rotatable bonds is 7. The summed E-state index contributed by atoms with van der Waals surface area (Å²) in [6.45, 7) is 3.87. The summed E-state index contributed by atoms with van der Waals surface area (Å²) >= 11 is 0. The lowest BCUT2D eigenvalue weighted by Crippen LogP contribution is -2.27. The maximum atomic E-state index is 11.0. The fourth-order valence-corrected chi connectivity index (χ4v) is 0.881. The van der Waals surface area contributed by atoms with Gasteiger partial charge in [-0.3, -0.25) is 14.4 Å². The predicted octanol–water partition coefficient (Wildman–Crippen LogP) is 0.425. The minimum Gasteiger partial charge on any atom is -0.466 e. The molecule has 0 rings (SSSR count). The van der Waals surface area contributed by atoms with Crippen LogP contribution in [0.5, 0.6) is 0 Å². The second-order valence-corrected chi connectivity index (χ2v) is 3.20. The van der Waals surface area contributed by atoms with E-state index in [4.69, 9.17) is 4.74 Å². The molecule has 0 atom stereocenters. The number of hydrogen-bond acceptors (Lipinski definition) is 4. The van der Waals surface area contributed by atoms with Gasteiger partial charge in [0, 0.05) is 6.54 Å². The average molecular weight is 215 g/mol. The molecule has 1 amide bonds. The Labute approximate surface area is 89.2 Å². The number of ether oxygens (including phenoxy) is 1. The van der Waals surface area contributed by atoms with Crippen molar-refractivity contribution in [2.24, 2.45) is 0 Å². The van der Waals surface area contributed by atoms with Crippen molar-refractivity contribution in [1.29, 1.82) is 0 Å². The Balaban J connectivity index is 3.48. The summed E-state index contributed by atoms with van der Waals surface area (Å²) in [5.41, 5.74) is 0. The van der Waals surface area contributed by atoms with Gasteiger partial charge in [-0.25, -0.2) is 0 Å². The third-order valence-corrected chi connectivity index (χ3v) is 1.53. The first kappa shape index (κ1) is 13.6. The highest BCUT2D eigenvalue weighted by Gasteiger charge is 2.06. The molecule has 86 valence electrons. The first-order valence-corrected chi connectivity index (χ1v) is 4.98. The molecule has 0 aromatic carbocycles. The minimum absolute atomic E-state index is 0.135. The highest BCUT2D eigenvalue weighted by atomic mass is 16.5. The number of hydrogen-bond donors (Lipinski definition) is 1. The van der Waals surface area contributed by atoms with Crippen LogP contribution >= 0.6 is 0 Å². The van der Waals surface area contributed by atoms with E-state index < -0.39 is 0 Å². The third-order valence-electron chi connectivity index (χ3n) is 1.53. The first-order chi connectivity index (χ1) is 7.06. The normalized spacial score (nSPS) is 9.47. The molecule has 0 aromatic heterocycles. The molecule has 0 saturated carbocycles. The van der Waals surface area contributed by atoms with Crippen molar-refractivity contribution < 1.29 is 19.1 Å². The maximum absolute atomic E-state index is 11.0. The second kappa shape index (κ2) is 7.96. The van der Waals surface area contributed by atoms with Crippen molar-refractivity contribution in [3.05, 3.63) is 0 Å². The molecule has 0 aliphatic carbocycles. The molecule has 0 radical (unpaired) electrons. The number of amides is 1. The highest BCUT2D eigenvalue weighted by Crippen LogP contribution is 1.88. The Morgan fingerprint density at radius 1 is 1.27 bits per heavy atom. The van der Waals surface area contributed by atoms with Crippen molar-refractivity contribution in [2.75, 3.05) is 13.2 Å². The van der Waals surface area contributed by atoms with Gasteiger partial charge >= 0.3 is 5.97 Å². The molecule has 0 heterocycles. The zero-order chi connectivity index (χ0) is 11.7. The van der Waals surface area contributed by atoms with Crippen LogP contribution in [0.3, 0.4) is 0 Å². The molecule has 0 saturated heterocycles. The number of esters is 1. The summed E-state index contributed by atoms with van der Waals surface area (Å²) in [4.78, 5) is 32.5. The van der Waals surface area contributed by atoms with Gasteiger partial charge in [-0.2, -0.15) is 0 Å². The molecule has 0 bridgehead atoms. The van der Waals surface area contributed by atoms with Crippen LogP contribution in [0.2, 0.25) is 0 Å². The van der Waals surface area contributed by atoms with Gasteiger partial charge in [0.25, 0.3) is 0 Å². The molecular formula is C10H17NO4. The van der Waals surface area contributed by atoms with Crippen LogP contribution in [0.4, 0.5) is 0 Å². The molecule has 0 spiro atoms. The third kappa shape index (κ3) is 8.93. The van der Waals surface area contributed by atoms with Crippen LogP contribution < -0.4 is 5.32 Å². The molecule has 1 N–H and O–H groups in total. The summed E-state index contributed by atoms with van der Waals surface area (Å²) in [6.07, 6.45) is 0.788. The van der Waals surface area contributed by atoms with Crippen molar-refractivity contribution in [1.82, 2.24) is 5.32 Å². The maximum Gasteiger partial charge on any atom is 0.307 e. The number of Topliss-reactive ketones (excluding diaryl/α,β-unsaturated/α-hetero) is 1. The Bertz CT molecular complexity index is 238. The van der Waals surface area contributed by atoms with Crippen LogP contribution in [0.25, 0.3) is 0 Å². The lowest BCUT2D eigenvalue weighted by atomic mass is 10.3. The second-order valence-electron chi connectivity index (χ2n) is 3.20. The summed E-state index contributed by atoms with van der Waals surface area (Å²) < 4.78 is 4.80. The van der Waals surface area contributed by atoms with E-state index in [0.717, 1.165) is 6.42 Å². The van der Waals surface area contributed by atoms with Gasteiger partial charge in [-0.05, 0) is 13.3 Å². The van der Waals surface area contributed by atoms with Crippen molar-refractivity contribution in [3.63, 3.8) is 0 Å². The largest absolute Gasteiger partial charge is 0.466 e. The first-order valence-electron chi connectivity index (χ1n) is 4.98. The number of carbonyl (C=O) groups is 3. The fraction of sp³-hybridized carbons (Fsp3) is 0.700. The smallest absolute Gasteiger partial charge is 0.307 e. The Morgan fingerprint density at radius 2 is 1.93 bits per heavy atom. The molecule has 0 unspecified atom stereocenters. The van der Waals surface area contributed by atoms with Gasteiger partial charge < -0.3 is 10.1 Å². The summed E-state index contributed by atoms with van der Waals surface area (Å²) in [7, 11) is 0. The standard InChI is InChI=1S/C10H17NO4/c1-3-6-15-10(14)4-5-11-9(13)7-8(2)12/h3-7H2,1-2H3,(H,11,13). The van der Waals surface area contributed by atoms with E-state index >= 15 is 0 Å². The topological polar surface area (TPSA) is 72.5 Å². The van der Waals surface area contributed by atoms with Gasteiger partial charge in [0.1, 0.15) is 5.78 Å². The van der Waals surface area contributed by atoms with Crippen LogP contribution in [0.15, 0.2) is 0 Å². The van der Waals surface area contributed by atoms with E-state index in [-0.39, 0.29) is 37.0 Å². The Morgan fingerprint density at radius 3 is 2.47 bits per heavy atom. The molecule has 0 aliphatic heterocycles. The summed E-state index contributed by atoms with van der Waals surface area (Å²) in [5, 5.41) is 2.46. The SMILES string of the molecule is CCCOC(=O)CCNC(=O)CC(C)=O. The molecule has 0 fully saturated rings. The molecule has 15 heavy (non-hydrogen) atoms. The zero-order valence-corrected chi connectivity index (χ0v) is 9.17. The molecule has 0 aliphatic rings. The lowest BCUT2D eigenvalue weighted by Gasteiger charge is -2.04. The van der Waals surface area contributed by atoms with E-state index in [1.54, 1.807) is 0 Å². The average Bonchev–Trinajstić information content (AvgIpc) is 2.13. The van der Waals surface area contributed by atoms with Crippen molar-refractivity contribution in [2.45, 2.75) is 33.1 Å². The van der Waals surface area contributed by atoms with E-state index in [9.17, 15) is 14.4 Å². The Kier molecular flexibility index (Phi) is 7.23. The van der Waals surface area contributed by atoms with Crippen LogP contribution in [-0.4, -0.2) is 30.8 Å². The van der Waals surface area contributed by atoms with Gasteiger partial charge in [0.2, 0.25) is 5.91 Å². The van der Waals surface area contributed by atoms with Crippen LogP contribution in [0, 0.1) is 0 Å². The summed E-state index contributed by atoms with van der Waals surface area (Å²) in [5.74, 6) is -0.883. The molecule has 5 nitrogen and oxygen atoms in total. The Hall–Kier alpha value is -1.39. The number of ketones is 1. The fourth-order valence-electron chi connectivity index (χ4n) is 0.881. The van der Waals surface area contributed by atoms with Crippen LogP contribution in [-0.2, 0) is 19.1 Å². The zero-order valence-electron chi connectivity index (χ0n) is 9.17. The van der Waals surface area contributed by atoms with E-state index in [1.165, 1.54) is 6.92 Å². The summed E-state index contributed by atoms with van der Waals surface area (Å²) in [6, 6.07) is 0. The van der Waals surface area contributed by atoms with Crippen molar-refractivity contribution in [3.8, 4) is 0 Å². The van der Waals surface area contributed by atoms with Gasteiger partial charge in [-0.1, -0.05) is 6.92 Å². The molecule has 0 aromatic rings. The lowest BCUT2D eigenvalue weighted by molar-refractivity contribution is -0.143. The van der Waals surface area contributed by atoms with E-state index in [1.807, 2.05) is 6.92 Å². The predicted molar refractivity (Wildman–Crippen MR) is 54.2 cm³/mol. The van der Waals surface area contributed by atoms with E-state index in [0.29, 0.717) is 6.61 Å². The van der Waals surface area contributed by atoms with Gasteiger partial charge in [0.15, 0.2) is 0 Å². The monoisotopic (exact) mass is 215 g/mol.